The first-order valence-corrected chi connectivity index (χ1v) is 6.12. The summed E-state index contributed by atoms with van der Waals surface area (Å²) in [6.07, 6.45) is 1.77. The summed E-state index contributed by atoms with van der Waals surface area (Å²) in [6, 6.07) is 7.45. The van der Waals surface area contributed by atoms with Crippen LogP contribution in [0.5, 0.6) is 0 Å². The number of carbonyl (C=O) groups excluding carboxylic acids is 1. The van der Waals surface area contributed by atoms with Gasteiger partial charge in [0.25, 0.3) is 5.91 Å². The van der Waals surface area contributed by atoms with Crippen molar-refractivity contribution in [3.8, 4) is 0 Å². The van der Waals surface area contributed by atoms with E-state index in [0.29, 0.717) is 24.5 Å². The molecule has 0 radical (unpaired) electrons. The van der Waals surface area contributed by atoms with Crippen LogP contribution >= 0.6 is 0 Å². The molecule has 3 N–H and O–H groups in total. The van der Waals surface area contributed by atoms with Crippen LogP contribution in [-0.2, 0) is 11.3 Å². The Labute approximate surface area is 116 Å². The van der Waals surface area contributed by atoms with Gasteiger partial charge in [0.05, 0.1) is 12.3 Å². The fourth-order valence-electron chi connectivity index (χ4n) is 1.83. The summed E-state index contributed by atoms with van der Waals surface area (Å²) >= 11 is 0. The summed E-state index contributed by atoms with van der Waals surface area (Å²) in [6.45, 7) is 1.03. The van der Waals surface area contributed by atoms with Gasteiger partial charge in [-0.15, -0.1) is 0 Å². The molecule has 0 atom stereocenters. The number of nitrogens with zero attached hydrogens (tertiary/aromatic N) is 1. The Bertz CT molecular complexity index is 610. The Kier molecular flexibility index (Phi) is 4.37. The maximum absolute atomic E-state index is 13.6. The number of nitrogens with one attached hydrogen (secondary N) is 1. The number of rotatable bonds is 5. The molecule has 0 saturated carbocycles. The third-order valence-corrected chi connectivity index (χ3v) is 2.84. The van der Waals surface area contributed by atoms with Gasteiger partial charge in [-0.05, 0) is 30.3 Å². The van der Waals surface area contributed by atoms with Gasteiger partial charge in [-0.2, -0.15) is 0 Å². The number of amides is 1. The monoisotopic (exact) mass is 277 g/mol. The van der Waals surface area contributed by atoms with Crippen LogP contribution in [0.15, 0.2) is 36.5 Å². The predicted octanol–water partition coefficient (Wildman–Crippen LogP) is 2.11. The second kappa shape index (κ2) is 6.21. The van der Waals surface area contributed by atoms with Crippen LogP contribution in [0.4, 0.5) is 15.8 Å². The minimum absolute atomic E-state index is 0.0643. The summed E-state index contributed by atoms with van der Waals surface area (Å²) in [7, 11) is 1.59. The van der Waals surface area contributed by atoms with Crippen molar-refractivity contribution in [2.24, 2.45) is 0 Å². The van der Waals surface area contributed by atoms with E-state index in [1.54, 1.807) is 30.0 Å². The van der Waals surface area contributed by atoms with E-state index < -0.39 is 11.7 Å². The Hall–Kier alpha value is -2.34. The number of nitrogens with two attached hydrogens (primary N) is 1. The van der Waals surface area contributed by atoms with Crippen molar-refractivity contribution in [2.45, 2.75) is 6.54 Å². The maximum Gasteiger partial charge on any atom is 0.272 e. The topological polar surface area (TPSA) is 69.3 Å². The average Bonchev–Trinajstić information content (AvgIpc) is 2.89. The highest BCUT2D eigenvalue weighted by molar-refractivity contribution is 6.03. The zero-order chi connectivity index (χ0) is 14.5. The second-order valence-electron chi connectivity index (χ2n) is 4.27. The lowest BCUT2D eigenvalue weighted by Crippen LogP contribution is -2.18. The highest BCUT2D eigenvalue weighted by Crippen LogP contribution is 2.18. The number of hydrogen-bond donors (Lipinski definition) is 2. The second-order valence-corrected chi connectivity index (χ2v) is 4.27. The van der Waals surface area contributed by atoms with E-state index >= 15 is 0 Å². The first kappa shape index (κ1) is 14.1. The number of aromatic nitrogens is 1. The number of halogens is 1. The Morgan fingerprint density at radius 1 is 1.45 bits per heavy atom. The molecule has 1 aromatic carbocycles. The molecule has 5 nitrogen and oxygen atoms in total. The molecule has 2 rings (SSSR count). The van der Waals surface area contributed by atoms with Gasteiger partial charge in [-0.3, -0.25) is 4.79 Å². The van der Waals surface area contributed by atoms with Crippen molar-refractivity contribution in [3.63, 3.8) is 0 Å². The van der Waals surface area contributed by atoms with Crippen LogP contribution in [0.2, 0.25) is 0 Å². The van der Waals surface area contributed by atoms with E-state index in [0.717, 1.165) is 0 Å². The van der Waals surface area contributed by atoms with Gasteiger partial charge in [0.15, 0.2) is 0 Å². The number of benzene rings is 1. The predicted molar refractivity (Wildman–Crippen MR) is 75.1 cm³/mol. The van der Waals surface area contributed by atoms with Gasteiger partial charge in [0, 0.05) is 25.5 Å². The number of methoxy groups -OCH3 is 1. The van der Waals surface area contributed by atoms with Crippen molar-refractivity contribution in [1.82, 2.24) is 4.57 Å². The van der Waals surface area contributed by atoms with Crippen LogP contribution in [0.3, 0.4) is 0 Å². The molecule has 20 heavy (non-hydrogen) atoms. The molecule has 0 spiro atoms. The molecule has 6 heteroatoms. The minimum atomic E-state index is -0.525. The van der Waals surface area contributed by atoms with Crippen molar-refractivity contribution in [3.05, 3.63) is 48.0 Å². The molecule has 1 heterocycles. The lowest BCUT2D eigenvalue weighted by Gasteiger charge is -2.10. The zero-order valence-corrected chi connectivity index (χ0v) is 11.1. The summed E-state index contributed by atoms with van der Waals surface area (Å²) in [4.78, 5) is 12.1. The summed E-state index contributed by atoms with van der Waals surface area (Å²) < 4.78 is 20.3. The molecule has 0 aliphatic heterocycles. The fourth-order valence-corrected chi connectivity index (χ4v) is 1.83. The first-order chi connectivity index (χ1) is 9.61. The first-order valence-electron chi connectivity index (χ1n) is 6.12. The van der Waals surface area contributed by atoms with Crippen LogP contribution in [0, 0.1) is 5.82 Å². The quantitative estimate of drug-likeness (QED) is 0.822. The molecule has 0 saturated heterocycles. The molecule has 0 unspecified atom stereocenters. The van der Waals surface area contributed by atoms with Gasteiger partial charge in [0.1, 0.15) is 11.5 Å². The molecule has 1 aromatic heterocycles. The maximum atomic E-state index is 13.6. The Balaban J connectivity index is 2.16. The number of carbonyl (C=O) groups is 1. The third-order valence-electron chi connectivity index (χ3n) is 2.84. The number of hydrogen-bond acceptors (Lipinski definition) is 3. The van der Waals surface area contributed by atoms with E-state index in [-0.39, 0.29) is 5.69 Å². The van der Waals surface area contributed by atoms with E-state index in [1.165, 1.54) is 18.2 Å². The van der Waals surface area contributed by atoms with Gasteiger partial charge in [0.2, 0.25) is 0 Å². The SMILES string of the molecule is COCCn1cccc1C(=O)Nc1cc(N)ccc1F. The van der Waals surface area contributed by atoms with Crippen molar-refractivity contribution in [1.29, 1.82) is 0 Å². The zero-order valence-electron chi connectivity index (χ0n) is 11.1. The van der Waals surface area contributed by atoms with Crippen LogP contribution in [0.25, 0.3) is 0 Å². The molecular formula is C14H16FN3O2. The summed E-state index contributed by atoms with van der Waals surface area (Å²) in [5.41, 5.74) is 6.46. The molecule has 0 fully saturated rings. The largest absolute Gasteiger partial charge is 0.399 e. The minimum Gasteiger partial charge on any atom is -0.399 e. The molecule has 106 valence electrons. The molecule has 0 aliphatic rings. The van der Waals surface area contributed by atoms with Gasteiger partial charge in [-0.25, -0.2) is 4.39 Å². The lowest BCUT2D eigenvalue weighted by atomic mass is 10.2. The summed E-state index contributed by atoms with van der Waals surface area (Å²) in [5.74, 6) is -0.918. The van der Waals surface area contributed by atoms with Crippen molar-refractivity contribution in [2.75, 3.05) is 24.8 Å². The molecule has 0 bridgehead atoms. The van der Waals surface area contributed by atoms with Crippen molar-refractivity contribution >= 4 is 17.3 Å². The van der Waals surface area contributed by atoms with Crippen LogP contribution < -0.4 is 11.1 Å². The fraction of sp³-hybridized carbons (Fsp3) is 0.214. The smallest absolute Gasteiger partial charge is 0.272 e. The van der Waals surface area contributed by atoms with Gasteiger partial charge < -0.3 is 20.4 Å². The van der Waals surface area contributed by atoms with Gasteiger partial charge >= 0.3 is 0 Å². The normalized spacial score (nSPS) is 10.5. The van der Waals surface area contributed by atoms with Crippen LogP contribution in [0.1, 0.15) is 10.5 Å². The van der Waals surface area contributed by atoms with E-state index in [2.05, 4.69) is 5.32 Å². The van der Waals surface area contributed by atoms with Crippen LogP contribution in [-0.4, -0.2) is 24.2 Å². The highest BCUT2D eigenvalue weighted by atomic mass is 19.1. The van der Waals surface area contributed by atoms with E-state index in [4.69, 9.17) is 10.5 Å². The number of nitrogen functional groups attached to an aromatic ring is 1. The highest BCUT2D eigenvalue weighted by Gasteiger charge is 2.13. The Morgan fingerprint density at radius 3 is 3.00 bits per heavy atom. The number of anilines is 2. The number of ether oxygens (including phenoxy) is 1. The van der Waals surface area contributed by atoms with Gasteiger partial charge in [-0.1, -0.05) is 0 Å². The van der Waals surface area contributed by atoms with E-state index in [9.17, 15) is 9.18 Å². The molecule has 2 aromatic rings. The molecule has 1 amide bonds. The van der Waals surface area contributed by atoms with Crippen molar-refractivity contribution < 1.29 is 13.9 Å². The lowest BCUT2D eigenvalue weighted by molar-refractivity contribution is 0.101. The third kappa shape index (κ3) is 3.16. The average molecular weight is 277 g/mol. The Morgan fingerprint density at radius 2 is 2.25 bits per heavy atom. The summed E-state index contributed by atoms with van der Waals surface area (Å²) in [5, 5.41) is 2.51. The van der Waals surface area contributed by atoms with E-state index in [1.807, 2.05) is 0 Å². The molecule has 0 aliphatic carbocycles. The standard InChI is InChI=1S/C14H16FN3O2/c1-20-8-7-18-6-2-3-13(18)14(19)17-12-9-10(16)4-5-11(12)15/h2-6,9H,7-8,16H2,1H3,(H,17,19). The molecular weight excluding hydrogens is 261 g/mol.